The van der Waals surface area contributed by atoms with Gasteiger partial charge in [0, 0.05) is 21.4 Å². The monoisotopic (exact) mass is 320 g/mol. The van der Waals surface area contributed by atoms with Crippen molar-refractivity contribution in [1.82, 2.24) is 10.3 Å². The zero-order valence-electron chi connectivity index (χ0n) is 8.87. The van der Waals surface area contributed by atoms with E-state index in [0.717, 1.165) is 3.57 Å². The fourth-order valence-corrected chi connectivity index (χ4v) is 1.17. The minimum absolute atomic E-state index is 0.303. The third-order valence-corrected chi connectivity index (χ3v) is 2.01. The van der Waals surface area contributed by atoms with Crippen LogP contribution in [0.5, 0.6) is 5.88 Å². The van der Waals surface area contributed by atoms with Crippen molar-refractivity contribution in [3.05, 3.63) is 21.9 Å². The zero-order chi connectivity index (χ0) is 11.5. The molecule has 1 amide bonds. The number of carbonyl (C=O) groups is 1. The van der Waals surface area contributed by atoms with Crippen LogP contribution in [0, 0.1) is 3.57 Å². The Hall–Kier alpha value is -0.850. The first kappa shape index (κ1) is 12.2. The Balaban J connectivity index is 2.55. The number of halogens is 1. The number of hydrogen-bond acceptors (Lipinski definition) is 3. The summed E-state index contributed by atoms with van der Waals surface area (Å²) in [4.78, 5) is 15.3. The molecule has 0 atom stereocenters. The largest absolute Gasteiger partial charge is 0.414 e. The molecule has 0 spiro atoms. The summed E-state index contributed by atoms with van der Waals surface area (Å²) in [7, 11) is 0. The maximum Gasteiger partial charge on any atom is 0.414 e. The first-order chi connectivity index (χ1) is 6.87. The Kier molecular flexibility index (Phi) is 3.90. The van der Waals surface area contributed by atoms with E-state index in [1.807, 2.05) is 26.8 Å². The van der Waals surface area contributed by atoms with Crippen molar-refractivity contribution >= 4 is 28.7 Å². The summed E-state index contributed by atoms with van der Waals surface area (Å²) in [5, 5.41) is 2.68. The van der Waals surface area contributed by atoms with Gasteiger partial charge in [-0.25, -0.2) is 9.78 Å². The van der Waals surface area contributed by atoms with E-state index in [4.69, 9.17) is 4.74 Å². The SMILES string of the molecule is CC(C)(C)NC(=O)Oc1ccc(I)cn1. The fraction of sp³-hybridized carbons (Fsp3) is 0.400. The van der Waals surface area contributed by atoms with E-state index in [1.54, 1.807) is 12.3 Å². The molecule has 1 aromatic rings. The van der Waals surface area contributed by atoms with Crippen LogP contribution >= 0.6 is 22.6 Å². The number of amides is 1. The van der Waals surface area contributed by atoms with Crippen molar-refractivity contribution in [3.63, 3.8) is 0 Å². The summed E-state index contributed by atoms with van der Waals surface area (Å²) >= 11 is 2.13. The average molecular weight is 320 g/mol. The van der Waals surface area contributed by atoms with Crippen LogP contribution in [0.3, 0.4) is 0 Å². The Labute approximate surface area is 103 Å². The highest BCUT2D eigenvalue weighted by Gasteiger charge is 2.15. The number of nitrogens with one attached hydrogen (secondary N) is 1. The quantitative estimate of drug-likeness (QED) is 0.809. The number of hydrogen-bond donors (Lipinski definition) is 1. The van der Waals surface area contributed by atoms with Crippen LogP contribution in [0.4, 0.5) is 4.79 Å². The summed E-state index contributed by atoms with van der Waals surface area (Å²) in [6, 6.07) is 3.48. The number of carbonyl (C=O) groups excluding carboxylic acids is 1. The molecule has 15 heavy (non-hydrogen) atoms. The van der Waals surface area contributed by atoms with Crippen molar-refractivity contribution in [2.24, 2.45) is 0 Å². The second-order valence-corrected chi connectivity index (χ2v) is 5.32. The summed E-state index contributed by atoms with van der Waals surface area (Å²) in [5.74, 6) is 0.303. The Morgan fingerprint density at radius 1 is 1.47 bits per heavy atom. The molecule has 4 nitrogen and oxygen atoms in total. The number of nitrogens with zero attached hydrogens (tertiary/aromatic N) is 1. The molecule has 1 aromatic heterocycles. The van der Waals surface area contributed by atoms with Gasteiger partial charge in [-0.2, -0.15) is 0 Å². The lowest BCUT2D eigenvalue weighted by molar-refractivity contribution is 0.189. The number of pyridine rings is 1. The van der Waals surface area contributed by atoms with Crippen LogP contribution in [0.1, 0.15) is 20.8 Å². The molecule has 0 fully saturated rings. The molecule has 0 saturated carbocycles. The second-order valence-electron chi connectivity index (χ2n) is 4.08. The second kappa shape index (κ2) is 4.78. The van der Waals surface area contributed by atoms with Crippen molar-refractivity contribution in [3.8, 4) is 5.88 Å². The van der Waals surface area contributed by atoms with Gasteiger partial charge in [-0.05, 0) is 49.4 Å². The molecule has 0 radical (unpaired) electrons. The summed E-state index contributed by atoms with van der Waals surface area (Å²) in [6.07, 6.45) is 1.15. The third-order valence-electron chi connectivity index (χ3n) is 1.37. The standard InChI is InChI=1S/C10H13IN2O2/c1-10(2,3)13-9(14)15-8-5-4-7(11)6-12-8/h4-6H,1-3H3,(H,13,14). The molecule has 82 valence electrons. The summed E-state index contributed by atoms with van der Waals surface area (Å²) < 4.78 is 5.98. The molecule has 0 aromatic carbocycles. The Morgan fingerprint density at radius 2 is 2.13 bits per heavy atom. The Morgan fingerprint density at radius 3 is 2.60 bits per heavy atom. The predicted molar refractivity (Wildman–Crippen MR) is 65.9 cm³/mol. The molecule has 5 heteroatoms. The van der Waals surface area contributed by atoms with Gasteiger partial charge in [0.2, 0.25) is 5.88 Å². The third kappa shape index (κ3) is 4.96. The zero-order valence-corrected chi connectivity index (χ0v) is 11.0. The highest BCUT2D eigenvalue weighted by atomic mass is 127. The minimum Gasteiger partial charge on any atom is -0.391 e. The first-order valence-electron chi connectivity index (χ1n) is 4.48. The van der Waals surface area contributed by atoms with Gasteiger partial charge in [-0.1, -0.05) is 0 Å². The lowest BCUT2D eigenvalue weighted by Gasteiger charge is -2.19. The van der Waals surface area contributed by atoms with Crippen LogP contribution in [-0.4, -0.2) is 16.6 Å². The molecule has 0 aliphatic carbocycles. The fourth-order valence-electron chi connectivity index (χ4n) is 0.849. The van der Waals surface area contributed by atoms with Gasteiger partial charge in [0.25, 0.3) is 0 Å². The maximum absolute atomic E-state index is 11.3. The van der Waals surface area contributed by atoms with Gasteiger partial charge in [0.1, 0.15) is 0 Å². The van der Waals surface area contributed by atoms with Crippen LogP contribution in [0.25, 0.3) is 0 Å². The summed E-state index contributed by atoms with van der Waals surface area (Å²) in [6.45, 7) is 5.65. The molecule has 0 unspecified atom stereocenters. The van der Waals surface area contributed by atoms with E-state index >= 15 is 0 Å². The highest BCUT2D eigenvalue weighted by molar-refractivity contribution is 14.1. The molecule has 1 N–H and O–H groups in total. The van der Waals surface area contributed by atoms with Gasteiger partial charge < -0.3 is 10.1 Å². The smallest absolute Gasteiger partial charge is 0.391 e. The van der Waals surface area contributed by atoms with E-state index in [1.165, 1.54) is 0 Å². The van der Waals surface area contributed by atoms with Gasteiger partial charge in [-0.15, -0.1) is 0 Å². The van der Waals surface area contributed by atoms with Gasteiger partial charge in [0.15, 0.2) is 0 Å². The molecule has 1 rings (SSSR count). The maximum atomic E-state index is 11.3. The topological polar surface area (TPSA) is 51.2 Å². The van der Waals surface area contributed by atoms with E-state index in [-0.39, 0.29) is 5.54 Å². The molecular weight excluding hydrogens is 307 g/mol. The molecule has 0 bridgehead atoms. The first-order valence-corrected chi connectivity index (χ1v) is 5.56. The summed E-state index contributed by atoms with van der Waals surface area (Å²) in [5.41, 5.74) is -0.305. The molecule has 0 aliphatic heterocycles. The van der Waals surface area contributed by atoms with Crippen molar-refractivity contribution < 1.29 is 9.53 Å². The average Bonchev–Trinajstić information content (AvgIpc) is 2.05. The van der Waals surface area contributed by atoms with Crippen LogP contribution in [0.2, 0.25) is 0 Å². The van der Waals surface area contributed by atoms with Gasteiger partial charge in [-0.3, -0.25) is 0 Å². The number of aromatic nitrogens is 1. The van der Waals surface area contributed by atoms with Crippen LogP contribution in [0.15, 0.2) is 18.3 Å². The molecule has 0 aliphatic rings. The Bertz CT molecular complexity index is 343. The predicted octanol–water partition coefficient (Wildman–Crippen LogP) is 2.57. The molecular formula is C10H13IN2O2. The van der Waals surface area contributed by atoms with Crippen molar-refractivity contribution in [2.75, 3.05) is 0 Å². The van der Waals surface area contributed by atoms with Crippen LogP contribution < -0.4 is 10.1 Å². The van der Waals surface area contributed by atoms with E-state index < -0.39 is 6.09 Å². The van der Waals surface area contributed by atoms with E-state index in [2.05, 4.69) is 32.9 Å². The number of ether oxygens (including phenoxy) is 1. The van der Waals surface area contributed by atoms with E-state index in [9.17, 15) is 4.79 Å². The van der Waals surface area contributed by atoms with Crippen LogP contribution in [-0.2, 0) is 0 Å². The van der Waals surface area contributed by atoms with Gasteiger partial charge >= 0.3 is 6.09 Å². The lowest BCUT2D eigenvalue weighted by Crippen LogP contribution is -2.42. The minimum atomic E-state index is -0.490. The van der Waals surface area contributed by atoms with Crippen molar-refractivity contribution in [2.45, 2.75) is 26.3 Å². The van der Waals surface area contributed by atoms with E-state index in [0.29, 0.717) is 5.88 Å². The van der Waals surface area contributed by atoms with Crippen molar-refractivity contribution in [1.29, 1.82) is 0 Å². The normalized spacial score (nSPS) is 10.9. The molecule has 0 saturated heterocycles. The number of rotatable bonds is 1. The lowest BCUT2D eigenvalue weighted by atomic mass is 10.1. The highest BCUT2D eigenvalue weighted by Crippen LogP contribution is 2.09. The van der Waals surface area contributed by atoms with Gasteiger partial charge in [0.05, 0.1) is 0 Å². The molecule has 1 heterocycles.